The van der Waals surface area contributed by atoms with Gasteiger partial charge in [0.1, 0.15) is 11.6 Å². The summed E-state index contributed by atoms with van der Waals surface area (Å²) in [5.41, 5.74) is 1.13. The number of nitrogens with one attached hydrogen (secondary N) is 1. The average molecular weight is 402 g/mol. The maximum Gasteiger partial charge on any atom is 0.408 e. The lowest BCUT2D eigenvalue weighted by molar-refractivity contribution is -0.139. The average Bonchev–Trinajstić information content (AvgIpc) is 3.08. The molecule has 0 radical (unpaired) electrons. The van der Waals surface area contributed by atoms with Crippen molar-refractivity contribution in [1.82, 2.24) is 9.88 Å². The molecule has 8 nitrogen and oxygen atoms in total. The largest absolute Gasteiger partial charge is 0.480 e. The summed E-state index contributed by atoms with van der Waals surface area (Å²) >= 11 is 0. The molecule has 29 heavy (non-hydrogen) atoms. The Morgan fingerprint density at radius 3 is 2.34 bits per heavy atom. The molecule has 8 heteroatoms. The molecule has 1 amide bonds. The zero-order valence-corrected chi connectivity index (χ0v) is 17.0. The molecular formula is C21H26N2O6. The van der Waals surface area contributed by atoms with Crippen LogP contribution in [-0.4, -0.2) is 46.0 Å². The molecule has 1 unspecified atom stereocenters. The Morgan fingerprint density at radius 1 is 1.14 bits per heavy atom. The second kappa shape index (κ2) is 9.27. The summed E-state index contributed by atoms with van der Waals surface area (Å²) in [6.45, 7) is 7.14. The van der Waals surface area contributed by atoms with Crippen molar-refractivity contribution in [3.63, 3.8) is 0 Å². The van der Waals surface area contributed by atoms with Crippen molar-refractivity contribution in [1.29, 1.82) is 0 Å². The van der Waals surface area contributed by atoms with Gasteiger partial charge >= 0.3 is 18.0 Å². The number of benzene rings is 1. The van der Waals surface area contributed by atoms with E-state index in [1.54, 1.807) is 74.9 Å². The summed E-state index contributed by atoms with van der Waals surface area (Å²) in [7, 11) is 0. The Morgan fingerprint density at radius 2 is 1.79 bits per heavy atom. The number of esters is 1. The summed E-state index contributed by atoms with van der Waals surface area (Å²) in [6.07, 6.45) is 1.05. The number of aliphatic carboxylic acids is 1. The van der Waals surface area contributed by atoms with Gasteiger partial charge in [-0.1, -0.05) is 0 Å². The monoisotopic (exact) mass is 402 g/mol. The van der Waals surface area contributed by atoms with Crippen LogP contribution in [0.3, 0.4) is 0 Å². The van der Waals surface area contributed by atoms with Gasteiger partial charge in [0.15, 0.2) is 0 Å². The lowest BCUT2D eigenvalue weighted by Gasteiger charge is -2.22. The molecule has 0 aliphatic carbocycles. The van der Waals surface area contributed by atoms with Crippen LogP contribution >= 0.6 is 0 Å². The number of hydrogen-bond donors (Lipinski definition) is 2. The highest BCUT2D eigenvalue weighted by Gasteiger charge is 2.25. The van der Waals surface area contributed by atoms with Crippen LogP contribution in [0.2, 0.25) is 0 Å². The Balaban J connectivity index is 2.16. The van der Waals surface area contributed by atoms with E-state index in [0.29, 0.717) is 17.9 Å². The number of hydrogen-bond acceptors (Lipinski definition) is 5. The number of carbonyl (C=O) groups is 3. The molecule has 2 aromatic rings. The van der Waals surface area contributed by atoms with Gasteiger partial charge in [-0.05, 0) is 64.1 Å². The number of nitrogens with zero attached hydrogens (tertiary/aromatic N) is 1. The SMILES string of the molecule is CCOC(=O)c1ccc(-n2cccc2CC(NC(=O)OC(C)(C)C)C(=O)O)cc1. The maximum absolute atomic E-state index is 12.0. The summed E-state index contributed by atoms with van der Waals surface area (Å²) in [6, 6.07) is 9.17. The molecule has 2 rings (SSSR count). The van der Waals surface area contributed by atoms with Crippen molar-refractivity contribution in [3.8, 4) is 5.69 Å². The highest BCUT2D eigenvalue weighted by molar-refractivity contribution is 5.89. The molecule has 1 heterocycles. The van der Waals surface area contributed by atoms with Gasteiger partial charge in [-0.15, -0.1) is 0 Å². The number of carboxylic acid groups (broad SMARTS) is 1. The van der Waals surface area contributed by atoms with E-state index in [0.717, 1.165) is 5.69 Å². The van der Waals surface area contributed by atoms with Crippen LogP contribution in [0.15, 0.2) is 42.6 Å². The molecule has 0 aliphatic rings. The van der Waals surface area contributed by atoms with Gasteiger partial charge in [0.05, 0.1) is 12.2 Å². The molecule has 0 spiro atoms. The highest BCUT2D eigenvalue weighted by Crippen LogP contribution is 2.16. The predicted molar refractivity (Wildman–Crippen MR) is 106 cm³/mol. The van der Waals surface area contributed by atoms with Crippen LogP contribution in [0.25, 0.3) is 5.69 Å². The van der Waals surface area contributed by atoms with Gasteiger partial charge in [-0.25, -0.2) is 14.4 Å². The first-order valence-electron chi connectivity index (χ1n) is 9.27. The Bertz CT molecular complexity index is 864. The summed E-state index contributed by atoms with van der Waals surface area (Å²) in [4.78, 5) is 35.4. The maximum atomic E-state index is 12.0. The van der Waals surface area contributed by atoms with E-state index < -0.39 is 29.7 Å². The van der Waals surface area contributed by atoms with Crippen LogP contribution in [0.1, 0.15) is 43.7 Å². The number of carbonyl (C=O) groups excluding carboxylic acids is 2. The molecule has 1 atom stereocenters. The van der Waals surface area contributed by atoms with Gasteiger partial charge in [0.2, 0.25) is 0 Å². The van der Waals surface area contributed by atoms with Crippen LogP contribution < -0.4 is 5.32 Å². The lowest BCUT2D eigenvalue weighted by Crippen LogP contribution is -2.44. The molecule has 0 bridgehead atoms. The molecule has 0 saturated heterocycles. The number of aromatic nitrogens is 1. The van der Waals surface area contributed by atoms with Crippen molar-refractivity contribution < 1.29 is 29.0 Å². The lowest BCUT2D eigenvalue weighted by atomic mass is 10.1. The third-order valence-corrected chi connectivity index (χ3v) is 3.89. The number of amides is 1. The topological polar surface area (TPSA) is 107 Å². The molecule has 1 aromatic carbocycles. The van der Waals surface area contributed by atoms with Gasteiger partial charge in [-0.3, -0.25) is 0 Å². The highest BCUT2D eigenvalue weighted by atomic mass is 16.6. The van der Waals surface area contributed by atoms with Crippen molar-refractivity contribution in [2.24, 2.45) is 0 Å². The molecule has 156 valence electrons. The first kappa shape index (κ1) is 22.0. The van der Waals surface area contributed by atoms with Crippen LogP contribution in [-0.2, 0) is 20.7 Å². The second-order valence-corrected chi connectivity index (χ2v) is 7.38. The summed E-state index contributed by atoms with van der Waals surface area (Å²) < 4.78 is 11.9. The van der Waals surface area contributed by atoms with Crippen molar-refractivity contribution in [2.45, 2.75) is 45.8 Å². The first-order chi connectivity index (χ1) is 13.6. The first-order valence-corrected chi connectivity index (χ1v) is 9.27. The zero-order chi connectivity index (χ0) is 21.6. The van der Waals surface area contributed by atoms with Gasteiger partial charge in [0.25, 0.3) is 0 Å². The fourth-order valence-electron chi connectivity index (χ4n) is 2.67. The van der Waals surface area contributed by atoms with Gasteiger partial charge in [-0.2, -0.15) is 0 Å². The standard InChI is InChI=1S/C21H26N2O6/c1-5-28-19(26)14-8-10-15(11-9-14)23-12-6-7-16(23)13-17(18(24)25)22-20(27)29-21(2,3)4/h6-12,17H,5,13H2,1-4H3,(H,22,27)(H,24,25). The minimum atomic E-state index is -1.17. The fourth-order valence-corrected chi connectivity index (χ4v) is 2.67. The molecule has 2 N–H and O–H groups in total. The van der Waals surface area contributed by atoms with E-state index in [9.17, 15) is 19.5 Å². The van der Waals surface area contributed by atoms with Gasteiger partial charge in [0, 0.05) is 24.0 Å². The Kier molecular flexibility index (Phi) is 7.03. The van der Waals surface area contributed by atoms with Crippen LogP contribution in [0.4, 0.5) is 4.79 Å². The molecule has 1 aromatic heterocycles. The van der Waals surface area contributed by atoms with Crippen molar-refractivity contribution in [2.75, 3.05) is 6.61 Å². The van der Waals surface area contributed by atoms with Gasteiger partial charge < -0.3 is 24.5 Å². The third kappa shape index (κ3) is 6.38. The summed E-state index contributed by atoms with van der Waals surface area (Å²) in [5, 5.41) is 11.9. The summed E-state index contributed by atoms with van der Waals surface area (Å²) in [5.74, 6) is -1.57. The smallest absolute Gasteiger partial charge is 0.408 e. The van der Waals surface area contributed by atoms with E-state index >= 15 is 0 Å². The van der Waals surface area contributed by atoms with E-state index in [4.69, 9.17) is 9.47 Å². The number of rotatable bonds is 7. The molecular weight excluding hydrogens is 376 g/mol. The van der Waals surface area contributed by atoms with Crippen LogP contribution in [0.5, 0.6) is 0 Å². The van der Waals surface area contributed by atoms with Crippen molar-refractivity contribution >= 4 is 18.0 Å². The minimum absolute atomic E-state index is 0.0567. The van der Waals surface area contributed by atoms with E-state index in [1.165, 1.54) is 0 Å². The fraction of sp³-hybridized carbons (Fsp3) is 0.381. The molecule has 0 aliphatic heterocycles. The normalized spacial score (nSPS) is 12.1. The molecule has 0 saturated carbocycles. The third-order valence-electron chi connectivity index (χ3n) is 3.89. The van der Waals surface area contributed by atoms with Crippen LogP contribution in [0, 0.1) is 0 Å². The van der Waals surface area contributed by atoms with E-state index in [-0.39, 0.29) is 6.42 Å². The number of ether oxygens (including phenoxy) is 2. The number of carboxylic acids is 1. The second-order valence-electron chi connectivity index (χ2n) is 7.38. The predicted octanol–water partition coefficient (Wildman–Crippen LogP) is 3.17. The number of alkyl carbamates (subject to hydrolysis) is 1. The zero-order valence-electron chi connectivity index (χ0n) is 17.0. The Hall–Kier alpha value is -3.29. The Labute approximate surface area is 169 Å². The van der Waals surface area contributed by atoms with E-state index in [1.807, 2.05) is 0 Å². The van der Waals surface area contributed by atoms with E-state index in [2.05, 4.69) is 5.32 Å². The minimum Gasteiger partial charge on any atom is -0.480 e. The molecule has 0 fully saturated rings. The quantitative estimate of drug-likeness (QED) is 0.689. The van der Waals surface area contributed by atoms with Crippen molar-refractivity contribution in [3.05, 3.63) is 53.9 Å².